The molecule has 1 rings (SSSR count). The van der Waals surface area contributed by atoms with E-state index in [0.717, 1.165) is 17.7 Å². The van der Waals surface area contributed by atoms with Gasteiger partial charge in [-0.25, -0.2) is 9.97 Å². The van der Waals surface area contributed by atoms with Crippen molar-refractivity contribution in [2.24, 2.45) is 0 Å². The van der Waals surface area contributed by atoms with E-state index >= 15 is 0 Å². The first-order valence-corrected chi connectivity index (χ1v) is 3.23. The van der Waals surface area contributed by atoms with Crippen LogP contribution in [0, 0.1) is 6.92 Å². The molecular weight excluding hydrogens is 140 g/mol. The number of hydrogen-bond donors (Lipinski definition) is 0. The number of carbonyl (C=O) groups is 1. The van der Waals surface area contributed by atoms with Crippen LogP contribution in [0.2, 0.25) is 0 Å². The summed E-state index contributed by atoms with van der Waals surface area (Å²) in [6, 6.07) is 0. The van der Waals surface area contributed by atoms with Gasteiger partial charge < -0.3 is 0 Å². The van der Waals surface area contributed by atoms with E-state index in [9.17, 15) is 4.79 Å². The minimum absolute atomic E-state index is 0.722. The quantitative estimate of drug-likeness (QED) is 0.464. The lowest BCUT2D eigenvalue weighted by molar-refractivity contribution is -0.104. The van der Waals surface area contributed by atoms with E-state index in [1.807, 2.05) is 6.92 Å². The van der Waals surface area contributed by atoms with Crippen molar-refractivity contribution in [3.05, 3.63) is 29.9 Å². The third kappa shape index (κ3) is 2.29. The van der Waals surface area contributed by atoms with Gasteiger partial charge in [-0.05, 0) is 19.1 Å². The average molecular weight is 148 g/mol. The van der Waals surface area contributed by atoms with Gasteiger partial charge in [-0.3, -0.25) is 4.79 Å². The molecule has 1 aromatic rings. The molecule has 0 saturated carbocycles. The Labute approximate surface area is 64.8 Å². The molecule has 0 saturated heterocycles. The molecule has 0 atom stereocenters. The van der Waals surface area contributed by atoms with E-state index in [-0.39, 0.29) is 0 Å². The fraction of sp³-hybridized carbons (Fsp3) is 0.125. The maximum atomic E-state index is 9.92. The summed E-state index contributed by atoms with van der Waals surface area (Å²) in [5, 5.41) is 0. The Morgan fingerprint density at radius 2 is 2.00 bits per heavy atom. The molecule has 0 N–H and O–H groups in total. The summed E-state index contributed by atoms with van der Waals surface area (Å²) < 4.78 is 0. The molecular formula is C8H8N2O. The van der Waals surface area contributed by atoms with Gasteiger partial charge in [-0.2, -0.15) is 0 Å². The largest absolute Gasteiger partial charge is 0.299 e. The Hall–Kier alpha value is -1.51. The molecule has 0 spiro atoms. The third-order valence-electron chi connectivity index (χ3n) is 1.17. The van der Waals surface area contributed by atoms with Gasteiger partial charge in [0.15, 0.2) is 0 Å². The van der Waals surface area contributed by atoms with Gasteiger partial charge in [-0.1, -0.05) is 0 Å². The second kappa shape index (κ2) is 3.61. The molecule has 0 fully saturated rings. The van der Waals surface area contributed by atoms with Crippen molar-refractivity contribution >= 4 is 12.4 Å². The predicted molar refractivity (Wildman–Crippen MR) is 41.9 cm³/mol. The normalized spacial score (nSPS) is 10.3. The molecule has 0 radical (unpaired) electrons. The highest BCUT2D eigenvalue weighted by Crippen LogP contribution is 1.96. The van der Waals surface area contributed by atoms with Gasteiger partial charge in [0.1, 0.15) is 12.1 Å². The number of aromatic nitrogens is 2. The molecule has 0 amide bonds. The minimum atomic E-state index is 0.722. The summed E-state index contributed by atoms with van der Waals surface area (Å²) in [5.74, 6) is 0.730. The number of aryl methyl sites for hydroxylation is 1. The van der Waals surface area contributed by atoms with Crippen LogP contribution in [-0.2, 0) is 4.79 Å². The summed E-state index contributed by atoms with van der Waals surface area (Å²) in [6.07, 6.45) is 7.13. The number of carbonyl (C=O) groups excluding carboxylic acids is 1. The zero-order valence-corrected chi connectivity index (χ0v) is 6.19. The zero-order chi connectivity index (χ0) is 8.10. The van der Waals surface area contributed by atoms with E-state index in [1.165, 1.54) is 6.08 Å². The standard InChI is InChI=1S/C8H8N2O/c1-7-9-5-8(6-10-7)3-2-4-11/h2-6H,1H3/b3-2-. The van der Waals surface area contributed by atoms with Crippen LogP contribution in [0.5, 0.6) is 0 Å². The first-order chi connectivity index (χ1) is 5.33. The molecule has 0 aliphatic carbocycles. The van der Waals surface area contributed by atoms with Gasteiger partial charge >= 0.3 is 0 Å². The maximum Gasteiger partial charge on any atom is 0.142 e. The molecule has 0 bridgehead atoms. The Morgan fingerprint density at radius 3 is 2.55 bits per heavy atom. The zero-order valence-electron chi connectivity index (χ0n) is 6.19. The van der Waals surface area contributed by atoms with Crippen LogP contribution in [0.4, 0.5) is 0 Å². The monoisotopic (exact) mass is 148 g/mol. The van der Waals surface area contributed by atoms with Crippen LogP contribution in [0.1, 0.15) is 11.4 Å². The van der Waals surface area contributed by atoms with Crippen molar-refractivity contribution in [3.8, 4) is 0 Å². The topological polar surface area (TPSA) is 42.9 Å². The Morgan fingerprint density at radius 1 is 1.36 bits per heavy atom. The summed E-state index contributed by atoms with van der Waals surface area (Å²) in [6.45, 7) is 1.81. The van der Waals surface area contributed by atoms with Crippen LogP contribution < -0.4 is 0 Å². The summed E-state index contributed by atoms with van der Waals surface area (Å²) in [5.41, 5.74) is 0.836. The van der Waals surface area contributed by atoms with Crippen molar-refractivity contribution in [2.45, 2.75) is 6.92 Å². The van der Waals surface area contributed by atoms with Crippen molar-refractivity contribution in [3.63, 3.8) is 0 Å². The van der Waals surface area contributed by atoms with Crippen molar-refractivity contribution in [1.82, 2.24) is 9.97 Å². The van der Waals surface area contributed by atoms with Gasteiger partial charge in [-0.15, -0.1) is 0 Å². The lowest BCUT2D eigenvalue weighted by Crippen LogP contribution is -1.85. The first-order valence-electron chi connectivity index (χ1n) is 3.23. The maximum absolute atomic E-state index is 9.92. The molecule has 1 aromatic heterocycles. The van der Waals surface area contributed by atoms with Crippen LogP contribution >= 0.6 is 0 Å². The third-order valence-corrected chi connectivity index (χ3v) is 1.17. The SMILES string of the molecule is Cc1ncc(/C=C\C=O)cn1. The van der Waals surface area contributed by atoms with E-state index in [1.54, 1.807) is 18.5 Å². The van der Waals surface area contributed by atoms with E-state index in [0.29, 0.717) is 0 Å². The van der Waals surface area contributed by atoms with E-state index in [2.05, 4.69) is 9.97 Å². The van der Waals surface area contributed by atoms with E-state index in [4.69, 9.17) is 0 Å². The molecule has 0 aliphatic rings. The fourth-order valence-electron chi connectivity index (χ4n) is 0.639. The molecule has 3 nitrogen and oxygen atoms in total. The highest BCUT2D eigenvalue weighted by molar-refractivity contribution is 5.73. The Bertz CT molecular complexity index is 264. The van der Waals surface area contributed by atoms with Crippen LogP contribution in [0.15, 0.2) is 18.5 Å². The summed E-state index contributed by atoms with van der Waals surface area (Å²) >= 11 is 0. The van der Waals surface area contributed by atoms with Crippen molar-refractivity contribution in [2.75, 3.05) is 0 Å². The second-order valence-electron chi connectivity index (χ2n) is 2.06. The highest BCUT2D eigenvalue weighted by Gasteiger charge is 1.86. The van der Waals surface area contributed by atoms with Crippen LogP contribution in [0.3, 0.4) is 0 Å². The number of hydrogen-bond acceptors (Lipinski definition) is 3. The lowest BCUT2D eigenvalue weighted by atomic mass is 10.3. The summed E-state index contributed by atoms with van der Waals surface area (Å²) in [4.78, 5) is 17.8. The molecule has 3 heteroatoms. The molecule has 1 heterocycles. The summed E-state index contributed by atoms with van der Waals surface area (Å²) in [7, 11) is 0. The smallest absolute Gasteiger partial charge is 0.142 e. The number of allylic oxidation sites excluding steroid dienone is 1. The Balaban J connectivity index is 2.81. The molecule has 11 heavy (non-hydrogen) atoms. The van der Waals surface area contributed by atoms with Crippen LogP contribution in [0.25, 0.3) is 6.08 Å². The van der Waals surface area contributed by atoms with Gasteiger partial charge in [0.25, 0.3) is 0 Å². The molecule has 0 unspecified atom stereocenters. The first kappa shape index (κ1) is 7.60. The van der Waals surface area contributed by atoms with Crippen molar-refractivity contribution in [1.29, 1.82) is 0 Å². The minimum Gasteiger partial charge on any atom is -0.299 e. The highest BCUT2D eigenvalue weighted by atomic mass is 16.1. The van der Waals surface area contributed by atoms with E-state index < -0.39 is 0 Å². The molecule has 56 valence electrons. The fourth-order valence-corrected chi connectivity index (χ4v) is 0.639. The van der Waals surface area contributed by atoms with Gasteiger partial charge in [0.2, 0.25) is 0 Å². The average Bonchev–Trinajstić information content (AvgIpc) is 2.04. The van der Waals surface area contributed by atoms with Crippen molar-refractivity contribution < 1.29 is 4.79 Å². The number of rotatable bonds is 2. The lowest BCUT2D eigenvalue weighted by Gasteiger charge is -1.90. The van der Waals surface area contributed by atoms with Gasteiger partial charge in [0.05, 0.1) is 0 Å². The molecule has 0 aliphatic heterocycles. The number of nitrogens with zero attached hydrogens (tertiary/aromatic N) is 2. The Kier molecular flexibility index (Phi) is 2.49. The number of aldehydes is 1. The predicted octanol–water partition coefficient (Wildman–Crippen LogP) is 0.997. The van der Waals surface area contributed by atoms with Gasteiger partial charge in [0, 0.05) is 18.0 Å². The van der Waals surface area contributed by atoms with Crippen LogP contribution in [-0.4, -0.2) is 16.3 Å². The molecule has 0 aromatic carbocycles. The second-order valence-corrected chi connectivity index (χ2v) is 2.06.